The molecule has 1 unspecified atom stereocenters. The minimum Gasteiger partial charge on any atom is -0.360 e. The molecule has 1 aliphatic carbocycles. The summed E-state index contributed by atoms with van der Waals surface area (Å²) in [5, 5.41) is 11.4. The second-order valence-corrected chi connectivity index (χ2v) is 11.9. The molecule has 0 spiro atoms. The Morgan fingerprint density at radius 2 is 2.05 bits per heavy atom. The zero-order valence-electron chi connectivity index (χ0n) is 22.5. The van der Waals surface area contributed by atoms with Gasteiger partial charge in [-0.05, 0) is 78.0 Å². The Morgan fingerprint density at radius 1 is 1.19 bits per heavy atom. The molecule has 2 saturated heterocycles. The molecular formula is C28H38N6O2S. The molecule has 5 heterocycles. The van der Waals surface area contributed by atoms with Crippen LogP contribution < -0.4 is 0 Å². The molecule has 2 fully saturated rings. The molecule has 37 heavy (non-hydrogen) atoms. The minimum absolute atomic E-state index is 0.191. The number of carbonyl (C=O) groups excluding carboxylic acids is 1. The van der Waals surface area contributed by atoms with Crippen LogP contribution >= 0.6 is 11.8 Å². The van der Waals surface area contributed by atoms with E-state index >= 15 is 0 Å². The monoisotopic (exact) mass is 522 g/mol. The first-order valence-corrected chi connectivity index (χ1v) is 15.3. The molecule has 9 heteroatoms. The molecular weight excluding hydrogens is 484 g/mol. The highest BCUT2D eigenvalue weighted by Crippen LogP contribution is 2.41. The standard InChI is InChI=1S/C28H38N6O2S/c1-5-6-12-22(35)19-10-7-11-20-24(32-36-25(19)20)26-29-27-23(28(30-26)37-4)16(2)31-34(27)17(3)21-14-13-18-9-8-15-33(18)21/h17-19,21H,5-15H2,1-4H3/t17-,18?,19+,21-/m0/s1. The third-order valence-electron chi connectivity index (χ3n) is 8.91. The molecule has 0 aromatic carbocycles. The van der Waals surface area contributed by atoms with Gasteiger partial charge in [-0.2, -0.15) is 5.10 Å². The number of fused-ring (bicyclic) bond motifs is 3. The summed E-state index contributed by atoms with van der Waals surface area (Å²) >= 11 is 1.62. The number of Topliss-reactive ketones (excluding diaryl/α,β-unsaturated/α-hetero) is 1. The first-order valence-electron chi connectivity index (χ1n) is 14.1. The molecule has 0 radical (unpaired) electrons. The molecule has 8 nitrogen and oxygen atoms in total. The number of aryl methyl sites for hydroxylation is 1. The van der Waals surface area contributed by atoms with Gasteiger partial charge in [0.1, 0.15) is 10.8 Å². The zero-order valence-corrected chi connectivity index (χ0v) is 23.3. The molecule has 0 bridgehead atoms. The summed E-state index contributed by atoms with van der Waals surface area (Å²) in [7, 11) is 0. The van der Waals surface area contributed by atoms with E-state index in [9.17, 15) is 4.79 Å². The van der Waals surface area contributed by atoms with E-state index in [0.717, 1.165) is 71.2 Å². The number of hydrogen-bond donors (Lipinski definition) is 0. The molecule has 2 aliphatic heterocycles. The maximum atomic E-state index is 12.9. The van der Waals surface area contributed by atoms with Crippen molar-refractivity contribution in [3.05, 3.63) is 17.0 Å². The van der Waals surface area contributed by atoms with Gasteiger partial charge in [0.2, 0.25) is 0 Å². The highest BCUT2D eigenvalue weighted by atomic mass is 32.2. The Kier molecular flexibility index (Phi) is 6.86. The average Bonchev–Trinajstić information content (AvgIpc) is 3.69. The summed E-state index contributed by atoms with van der Waals surface area (Å²) in [5.41, 5.74) is 3.56. The predicted molar refractivity (Wildman–Crippen MR) is 145 cm³/mol. The number of carbonyl (C=O) groups is 1. The molecule has 3 aromatic rings. The summed E-state index contributed by atoms with van der Waals surface area (Å²) in [6.45, 7) is 7.66. The molecule has 0 saturated carbocycles. The quantitative estimate of drug-likeness (QED) is 0.268. The van der Waals surface area contributed by atoms with Crippen LogP contribution in [0.1, 0.15) is 101 Å². The number of ketones is 1. The van der Waals surface area contributed by atoms with Gasteiger partial charge < -0.3 is 4.52 Å². The third-order valence-corrected chi connectivity index (χ3v) is 9.59. The van der Waals surface area contributed by atoms with Gasteiger partial charge in [-0.3, -0.25) is 9.69 Å². The fourth-order valence-corrected chi connectivity index (χ4v) is 7.60. The smallest absolute Gasteiger partial charge is 0.185 e. The molecule has 0 amide bonds. The Balaban J connectivity index is 1.40. The number of thioether (sulfide) groups is 1. The van der Waals surface area contributed by atoms with E-state index in [4.69, 9.17) is 19.6 Å². The van der Waals surface area contributed by atoms with Crippen molar-refractivity contribution in [1.82, 2.24) is 29.8 Å². The lowest BCUT2D eigenvalue weighted by Gasteiger charge is -2.29. The van der Waals surface area contributed by atoms with Crippen molar-refractivity contribution in [2.24, 2.45) is 0 Å². The number of rotatable bonds is 8. The Labute approximate surface area is 223 Å². The largest absolute Gasteiger partial charge is 0.360 e. The van der Waals surface area contributed by atoms with E-state index in [1.807, 2.05) is 0 Å². The van der Waals surface area contributed by atoms with Gasteiger partial charge in [0.05, 0.1) is 23.0 Å². The van der Waals surface area contributed by atoms with Gasteiger partial charge >= 0.3 is 0 Å². The highest BCUT2D eigenvalue weighted by Gasteiger charge is 2.40. The van der Waals surface area contributed by atoms with E-state index in [1.165, 1.54) is 32.2 Å². The Bertz CT molecular complexity index is 1320. The summed E-state index contributed by atoms with van der Waals surface area (Å²) in [6, 6.07) is 1.45. The van der Waals surface area contributed by atoms with Crippen LogP contribution in [0, 0.1) is 6.92 Å². The third kappa shape index (κ3) is 4.22. The molecule has 3 aliphatic rings. The van der Waals surface area contributed by atoms with Crippen molar-refractivity contribution in [1.29, 1.82) is 0 Å². The van der Waals surface area contributed by atoms with E-state index < -0.39 is 0 Å². The van der Waals surface area contributed by atoms with Crippen molar-refractivity contribution < 1.29 is 9.32 Å². The zero-order chi connectivity index (χ0) is 25.7. The highest BCUT2D eigenvalue weighted by molar-refractivity contribution is 7.98. The van der Waals surface area contributed by atoms with Crippen LogP contribution in [0.25, 0.3) is 22.6 Å². The number of hydrogen-bond acceptors (Lipinski definition) is 8. The lowest BCUT2D eigenvalue weighted by Crippen LogP contribution is -2.37. The van der Waals surface area contributed by atoms with Gasteiger partial charge in [-0.25, -0.2) is 14.6 Å². The molecule has 3 aromatic heterocycles. The van der Waals surface area contributed by atoms with Gasteiger partial charge in [-0.1, -0.05) is 18.5 Å². The van der Waals surface area contributed by atoms with Crippen LogP contribution in [0.15, 0.2) is 9.55 Å². The normalized spacial score (nSPS) is 24.5. The minimum atomic E-state index is -0.191. The number of nitrogens with zero attached hydrogens (tertiary/aromatic N) is 6. The van der Waals surface area contributed by atoms with E-state index in [1.54, 1.807) is 11.8 Å². The lowest BCUT2D eigenvalue weighted by molar-refractivity contribution is -0.121. The second kappa shape index (κ2) is 10.1. The van der Waals surface area contributed by atoms with E-state index in [2.05, 4.69) is 41.8 Å². The average molecular weight is 523 g/mol. The first-order chi connectivity index (χ1) is 18.0. The maximum Gasteiger partial charge on any atom is 0.185 e. The fourth-order valence-electron chi connectivity index (χ4n) is 6.98. The topological polar surface area (TPSA) is 89.9 Å². The van der Waals surface area contributed by atoms with Gasteiger partial charge in [0.15, 0.2) is 22.9 Å². The summed E-state index contributed by atoms with van der Waals surface area (Å²) in [6.07, 6.45) is 12.3. The fraction of sp³-hybridized carbons (Fsp3) is 0.679. The Morgan fingerprint density at radius 3 is 2.86 bits per heavy atom. The number of unbranched alkanes of at least 4 members (excludes halogenated alkanes) is 1. The van der Waals surface area contributed by atoms with Crippen molar-refractivity contribution >= 4 is 28.6 Å². The predicted octanol–water partition coefficient (Wildman–Crippen LogP) is 5.88. The molecule has 6 rings (SSSR count). The summed E-state index contributed by atoms with van der Waals surface area (Å²) in [5.74, 6) is 1.40. The molecule has 198 valence electrons. The summed E-state index contributed by atoms with van der Waals surface area (Å²) < 4.78 is 8.01. The number of aromatic nitrogens is 5. The molecule has 0 N–H and O–H groups in total. The van der Waals surface area contributed by atoms with Crippen molar-refractivity contribution in [3.8, 4) is 11.5 Å². The maximum absolute atomic E-state index is 12.9. The lowest BCUT2D eigenvalue weighted by atomic mass is 9.83. The van der Waals surface area contributed by atoms with Gasteiger partial charge in [0, 0.05) is 24.1 Å². The SMILES string of the molecule is CCCCC(=O)[C@H]1CCCc2c(-c3nc(SC)c4c(C)nn([C@@H](C)[C@@H]5CCC6CCCN65)c4n3)noc21. The van der Waals surface area contributed by atoms with Crippen molar-refractivity contribution in [2.75, 3.05) is 12.8 Å². The molecule has 4 atom stereocenters. The van der Waals surface area contributed by atoms with Crippen molar-refractivity contribution in [2.45, 2.75) is 114 Å². The van der Waals surface area contributed by atoms with Crippen LogP contribution in [0.5, 0.6) is 0 Å². The second-order valence-electron chi connectivity index (χ2n) is 11.1. The van der Waals surface area contributed by atoms with Gasteiger partial charge in [-0.15, -0.1) is 11.8 Å². The van der Waals surface area contributed by atoms with Crippen LogP contribution in [0.3, 0.4) is 0 Å². The van der Waals surface area contributed by atoms with E-state index in [-0.39, 0.29) is 17.7 Å². The van der Waals surface area contributed by atoms with Gasteiger partial charge in [0.25, 0.3) is 0 Å². The van der Waals surface area contributed by atoms with Crippen LogP contribution in [0.2, 0.25) is 0 Å². The van der Waals surface area contributed by atoms with Crippen LogP contribution in [-0.2, 0) is 11.2 Å². The summed E-state index contributed by atoms with van der Waals surface area (Å²) in [4.78, 5) is 25.7. The van der Waals surface area contributed by atoms with Crippen molar-refractivity contribution in [3.63, 3.8) is 0 Å². The van der Waals surface area contributed by atoms with Crippen LogP contribution in [-0.4, -0.2) is 60.5 Å². The van der Waals surface area contributed by atoms with Crippen LogP contribution in [0.4, 0.5) is 0 Å². The first kappa shape index (κ1) is 25.0. The van der Waals surface area contributed by atoms with E-state index in [0.29, 0.717) is 24.0 Å². The Hall–Kier alpha value is -2.26.